The van der Waals surface area contributed by atoms with Crippen LogP contribution in [-0.4, -0.2) is 29.4 Å². The first-order chi connectivity index (χ1) is 17.7. The average Bonchev–Trinajstić information content (AvgIpc) is 2.89. The molecular formula is C31H37N3O3. The number of hydrogen-bond acceptors (Lipinski definition) is 5. The number of aliphatic hydroxyl groups is 1. The summed E-state index contributed by atoms with van der Waals surface area (Å²) in [7, 11) is 0. The SMILES string of the molecule is CCC(Nc1ccc(-c2ccc(CNC(=O)OC(C)(C)C)cc2)cc1)C(CO)Cc1cccc(C#N)c1. The first-order valence-corrected chi connectivity index (χ1v) is 12.7. The molecule has 37 heavy (non-hydrogen) atoms. The Labute approximate surface area is 220 Å². The summed E-state index contributed by atoms with van der Waals surface area (Å²) in [6.07, 6.45) is 1.14. The van der Waals surface area contributed by atoms with Gasteiger partial charge in [-0.1, -0.05) is 55.5 Å². The fourth-order valence-corrected chi connectivity index (χ4v) is 4.23. The maximum absolute atomic E-state index is 11.9. The summed E-state index contributed by atoms with van der Waals surface area (Å²) in [5.74, 6) is 0.0282. The van der Waals surface area contributed by atoms with Crippen LogP contribution in [0.3, 0.4) is 0 Å². The lowest BCUT2D eigenvalue weighted by Crippen LogP contribution is -2.32. The number of nitrogens with one attached hydrogen (secondary N) is 2. The topological polar surface area (TPSA) is 94.4 Å². The second-order valence-electron chi connectivity index (χ2n) is 10.2. The highest BCUT2D eigenvalue weighted by molar-refractivity contribution is 5.68. The van der Waals surface area contributed by atoms with E-state index < -0.39 is 11.7 Å². The van der Waals surface area contributed by atoms with Gasteiger partial charge in [0.1, 0.15) is 5.60 Å². The van der Waals surface area contributed by atoms with Crippen molar-refractivity contribution in [3.63, 3.8) is 0 Å². The molecule has 6 nitrogen and oxygen atoms in total. The molecular weight excluding hydrogens is 462 g/mol. The van der Waals surface area contributed by atoms with Crippen molar-refractivity contribution >= 4 is 11.8 Å². The molecule has 0 fully saturated rings. The van der Waals surface area contributed by atoms with Crippen LogP contribution in [0.25, 0.3) is 11.1 Å². The van der Waals surface area contributed by atoms with Crippen molar-refractivity contribution < 1.29 is 14.6 Å². The molecule has 0 aliphatic rings. The summed E-state index contributed by atoms with van der Waals surface area (Å²) >= 11 is 0. The minimum absolute atomic E-state index is 0.0282. The van der Waals surface area contributed by atoms with Gasteiger partial charge in [-0.3, -0.25) is 0 Å². The van der Waals surface area contributed by atoms with E-state index in [-0.39, 0.29) is 18.6 Å². The summed E-state index contributed by atoms with van der Waals surface area (Å²) in [6, 6.07) is 26.2. The molecule has 0 saturated carbocycles. The zero-order valence-corrected chi connectivity index (χ0v) is 22.1. The van der Waals surface area contributed by atoms with Crippen molar-refractivity contribution in [2.45, 2.75) is 58.7 Å². The highest BCUT2D eigenvalue weighted by Gasteiger charge is 2.20. The molecule has 3 aromatic rings. The van der Waals surface area contributed by atoms with Crippen molar-refractivity contribution in [3.05, 3.63) is 89.5 Å². The van der Waals surface area contributed by atoms with Crippen LogP contribution in [0.5, 0.6) is 0 Å². The van der Waals surface area contributed by atoms with Crippen molar-refractivity contribution in [2.75, 3.05) is 11.9 Å². The van der Waals surface area contributed by atoms with Crippen molar-refractivity contribution in [3.8, 4) is 17.2 Å². The van der Waals surface area contributed by atoms with E-state index in [1.807, 2.05) is 63.2 Å². The monoisotopic (exact) mass is 499 g/mol. The van der Waals surface area contributed by atoms with E-state index in [0.717, 1.165) is 34.4 Å². The molecule has 2 unspecified atom stereocenters. The lowest BCUT2D eigenvalue weighted by molar-refractivity contribution is 0.0523. The van der Waals surface area contributed by atoms with Crippen LogP contribution in [0.4, 0.5) is 10.5 Å². The van der Waals surface area contributed by atoms with E-state index in [1.165, 1.54) is 0 Å². The Hall–Kier alpha value is -3.82. The van der Waals surface area contributed by atoms with E-state index >= 15 is 0 Å². The first kappa shape index (κ1) is 27.8. The van der Waals surface area contributed by atoms with Crippen LogP contribution < -0.4 is 10.6 Å². The van der Waals surface area contributed by atoms with Crippen LogP contribution in [0.15, 0.2) is 72.8 Å². The molecule has 0 spiro atoms. The summed E-state index contributed by atoms with van der Waals surface area (Å²) in [4.78, 5) is 11.9. The Bertz CT molecular complexity index is 1190. The smallest absolute Gasteiger partial charge is 0.407 e. The predicted molar refractivity (Wildman–Crippen MR) is 148 cm³/mol. The Kier molecular flexibility index (Phi) is 9.71. The Morgan fingerprint density at radius 1 is 1.00 bits per heavy atom. The standard InChI is InChI=1S/C31H37N3O3/c1-5-29(27(21-35)18-23-7-6-8-24(17-23)19-32)34-28-15-13-26(14-16-28)25-11-9-22(10-12-25)20-33-30(36)37-31(2,3)4/h6-17,27,29,34-35H,5,18,20-21H2,1-4H3,(H,33,36). The van der Waals surface area contributed by atoms with Gasteiger partial charge >= 0.3 is 6.09 Å². The summed E-state index contributed by atoms with van der Waals surface area (Å²) in [5.41, 5.74) is 5.35. The number of aliphatic hydroxyl groups excluding tert-OH is 1. The number of ether oxygens (including phenoxy) is 1. The van der Waals surface area contributed by atoms with Gasteiger partial charge in [0.2, 0.25) is 0 Å². The number of amides is 1. The predicted octanol–water partition coefficient (Wildman–Crippen LogP) is 6.29. The fraction of sp³-hybridized carbons (Fsp3) is 0.355. The molecule has 1 amide bonds. The third kappa shape index (κ3) is 8.66. The Morgan fingerprint density at radius 3 is 2.22 bits per heavy atom. The fourth-order valence-electron chi connectivity index (χ4n) is 4.23. The maximum Gasteiger partial charge on any atom is 0.407 e. The Morgan fingerprint density at radius 2 is 1.65 bits per heavy atom. The lowest BCUT2D eigenvalue weighted by Gasteiger charge is -2.27. The quantitative estimate of drug-likeness (QED) is 0.305. The highest BCUT2D eigenvalue weighted by atomic mass is 16.6. The van der Waals surface area contributed by atoms with Gasteiger partial charge in [0.25, 0.3) is 0 Å². The van der Waals surface area contributed by atoms with Crippen molar-refractivity contribution in [2.24, 2.45) is 5.92 Å². The van der Waals surface area contributed by atoms with Gasteiger partial charge in [0, 0.05) is 30.8 Å². The van der Waals surface area contributed by atoms with Crippen molar-refractivity contribution in [1.29, 1.82) is 5.26 Å². The number of hydrogen-bond donors (Lipinski definition) is 3. The van der Waals surface area contributed by atoms with Crippen molar-refractivity contribution in [1.82, 2.24) is 5.32 Å². The van der Waals surface area contributed by atoms with Gasteiger partial charge in [0.05, 0.1) is 11.6 Å². The number of nitriles is 1. The third-order valence-corrected chi connectivity index (χ3v) is 6.16. The van der Waals surface area contributed by atoms with E-state index in [0.29, 0.717) is 18.5 Å². The molecule has 0 heterocycles. The number of carbonyl (C=O) groups is 1. The van der Waals surface area contributed by atoms with Gasteiger partial charge in [-0.2, -0.15) is 5.26 Å². The number of anilines is 1. The normalized spacial score (nSPS) is 12.8. The molecule has 0 aliphatic carbocycles. The number of rotatable bonds is 10. The molecule has 0 aromatic heterocycles. The minimum atomic E-state index is -0.519. The third-order valence-electron chi connectivity index (χ3n) is 6.16. The molecule has 3 rings (SSSR count). The van der Waals surface area contributed by atoms with E-state index in [1.54, 1.807) is 6.07 Å². The second kappa shape index (κ2) is 12.9. The summed E-state index contributed by atoms with van der Waals surface area (Å²) < 4.78 is 5.28. The largest absolute Gasteiger partial charge is 0.444 e. The zero-order valence-electron chi connectivity index (χ0n) is 22.1. The zero-order chi connectivity index (χ0) is 26.8. The van der Waals surface area contributed by atoms with Crippen LogP contribution in [0.2, 0.25) is 0 Å². The van der Waals surface area contributed by atoms with Crippen LogP contribution in [0, 0.1) is 17.2 Å². The van der Waals surface area contributed by atoms with Crippen LogP contribution in [-0.2, 0) is 17.7 Å². The highest BCUT2D eigenvalue weighted by Crippen LogP contribution is 2.25. The van der Waals surface area contributed by atoms with E-state index in [9.17, 15) is 9.90 Å². The number of nitrogens with zero attached hydrogens (tertiary/aromatic N) is 1. The first-order valence-electron chi connectivity index (χ1n) is 12.7. The lowest BCUT2D eigenvalue weighted by atomic mass is 9.90. The molecule has 0 aliphatic heterocycles. The number of alkyl carbamates (subject to hydrolysis) is 1. The summed E-state index contributed by atoms with van der Waals surface area (Å²) in [5, 5.41) is 25.6. The molecule has 3 N–H and O–H groups in total. The number of carbonyl (C=O) groups excluding carboxylic acids is 1. The Balaban J connectivity index is 1.59. The van der Waals surface area contributed by atoms with Gasteiger partial charge in [-0.15, -0.1) is 0 Å². The second-order valence-corrected chi connectivity index (χ2v) is 10.2. The van der Waals surface area contributed by atoms with Crippen LogP contribution >= 0.6 is 0 Å². The molecule has 6 heteroatoms. The van der Waals surface area contributed by atoms with E-state index in [4.69, 9.17) is 10.00 Å². The summed E-state index contributed by atoms with van der Waals surface area (Å²) in [6.45, 7) is 8.10. The van der Waals surface area contributed by atoms with Gasteiger partial charge < -0.3 is 20.5 Å². The number of benzene rings is 3. The van der Waals surface area contributed by atoms with Gasteiger partial charge in [-0.25, -0.2) is 4.79 Å². The minimum Gasteiger partial charge on any atom is -0.444 e. The van der Waals surface area contributed by atoms with E-state index in [2.05, 4.69) is 47.9 Å². The maximum atomic E-state index is 11.9. The van der Waals surface area contributed by atoms with Crippen LogP contribution in [0.1, 0.15) is 50.8 Å². The molecule has 2 atom stereocenters. The molecule has 3 aromatic carbocycles. The molecule has 0 radical (unpaired) electrons. The molecule has 0 saturated heterocycles. The average molecular weight is 500 g/mol. The van der Waals surface area contributed by atoms with Gasteiger partial charge in [0.15, 0.2) is 0 Å². The van der Waals surface area contributed by atoms with Gasteiger partial charge in [-0.05, 0) is 80.1 Å². The molecule has 0 bridgehead atoms. The molecule has 194 valence electrons.